The van der Waals surface area contributed by atoms with Crippen LogP contribution in [0.25, 0.3) is 22.1 Å². The topological polar surface area (TPSA) is 35.4 Å². The van der Waals surface area contributed by atoms with Crippen LogP contribution in [0.15, 0.2) is 48.7 Å². The molecule has 3 heteroatoms. The molecule has 2 heterocycles. The van der Waals surface area contributed by atoms with Crippen molar-refractivity contribution in [3.05, 3.63) is 65.5 Å². The fraction of sp³-hybridized carbons (Fsp3) is 0.158. The first-order valence-electron chi connectivity index (χ1n) is 7.52. The largest absolute Gasteiger partial charge is 0.383 e. The summed E-state index contributed by atoms with van der Waals surface area (Å²) in [5, 5.41) is 2.44. The van der Waals surface area contributed by atoms with Crippen molar-refractivity contribution in [1.29, 1.82) is 0 Å². The molecule has 0 unspecified atom stereocenters. The third-order valence-electron chi connectivity index (χ3n) is 4.54. The molecular weight excluding hydrogens is 270 g/mol. The quantitative estimate of drug-likeness (QED) is 0.554. The van der Waals surface area contributed by atoms with Gasteiger partial charge in [-0.2, -0.15) is 0 Å². The van der Waals surface area contributed by atoms with Crippen LogP contribution in [0, 0.1) is 20.8 Å². The van der Waals surface area contributed by atoms with Crippen LogP contribution in [0.1, 0.15) is 16.8 Å². The van der Waals surface area contributed by atoms with Crippen LogP contribution < -0.4 is 5.73 Å². The van der Waals surface area contributed by atoms with Crippen molar-refractivity contribution in [2.24, 2.45) is 0 Å². The number of fused-ring (bicyclic) bond motifs is 3. The van der Waals surface area contributed by atoms with E-state index in [-0.39, 0.29) is 0 Å². The fourth-order valence-corrected chi connectivity index (χ4v) is 3.43. The predicted octanol–water partition coefficient (Wildman–Crippen LogP) is 4.39. The third kappa shape index (κ3) is 1.56. The molecule has 22 heavy (non-hydrogen) atoms. The normalized spacial score (nSPS) is 11.6. The highest BCUT2D eigenvalue weighted by atomic mass is 15.2. The van der Waals surface area contributed by atoms with Crippen LogP contribution >= 0.6 is 0 Å². The third-order valence-corrected chi connectivity index (χ3v) is 4.54. The average molecular weight is 289 g/mol. The number of nitrogen functional groups attached to an aromatic ring is 1. The monoisotopic (exact) mass is 289 g/mol. The number of hydrogen-bond acceptors (Lipinski definition) is 1. The lowest BCUT2D eigenvalue weighted by molar-refractivity contribution is 1.02. The number of nitrogens with two attached hydrogens (primary N) is 1. The van der Waals surface area contributed by atoms with E-state index in [2.05, 4.69) is 78.4 Å². The molecular formula is C19H19N3. The van der Waals surface area contributed by atoms with E-state index in [1.54, 1.807) is 0 Å². The van der Waals surface area contributed by atoms with Gasteiger partial charge in [-0.3, -0.25) is 8.97 Å². The molecule has 0 saturated heterocycles. The number of para-hydroxylation sites is 1. The van der Waals surface area contributed by atoms with Gasteiger partial charge in [0.25, 0.3) is 0 Å². The van der Waals surface area contributed by atoms with Crippen LogP contribution in [0.3, 0.4) is 0 Å². The highest BCUT2D eigenvalue weighted by molar-refractivity contribution is 5.98. The van der Waals surface area contributed by atoms with E-state index < -0.39 is 0 Å². The molecule has 2 aromatic carbocycles. The van der Waals surface area contributed by atoms with Crippen LogP contribution in [-0.2, 0) is 0 Å². The molecule has 2 aromatic heterocycles. The number of nitrogens with zero attached hydrogens (tertiary/aromatic N) is 2. The predicted molar refractivity (Wildman–Crippen MR) is 92.9 cm³/mol. The smallest absolute Gasteiger partial charge is 0.131 e. The maximum atomic E-state index is 6.38. The lowest BCUT2D eigenvalue weighted by atomic mass is 10.1. The van der Waals surface area contributed by atoms with E-state index in [0.717, 1.165) is 17.2 Å². The summed E-state index contributed by atoms with van der Waals surface area (Å²) < 4.78 is 4.40. The molecule has 0 amide bonds. The Kier molecular flexibility index (Phi) is 2.61. The minimum atomic E-state index is 0.800. The number of aromatic nitrogens is 2. The van der Waals surface area contributed by atoms with Gasteiger partial charge >= 0.3 is 0 Å². The number of aryl methyl sites for hydroxylation is 2. The Bertz CT molecular complexity index is 998. The maximum Gasteiger partial charge on any atom is 0.131 e. The molecule has 0 fully saturated rings. The van der Waals surface area contributed by atoms with Crippen LogP contribution in [0.2, 0.25) is 0 Å². The zero-order valence-electron chi connectivity index (χ0n) is 13.1. The Morgan fingerprint density at radius 2 is 1.55 bits per heavy atom. The molecule has 2 N–H and O–H groups in total. The van der Waals surface area contributed by atoms with Crippen LogP contribution in [0.5, 0.6) is 0 Å². The lowest BCUT2D eigenvalue weighted by Crippen LogP contribution is -2.02. The Morgan fingerprint density at radius 1 is 0.864 bits per heavy atom. The molecule has 3 nitrogen and oxygen atoms in total. The van der Waals surface area contributed by atoms with E-state index in [4.69, 9.17) is 5.73 Å². The van der Waals surface area contributed by atoms with E-state index in [1.165, 1.54) is 27.6 Å². The SMILES string of the molecule is Cc1cccc(C)c1-n1c(C)c(N)n2cc3ccccc3c12. The number of rotatable bonds is 1. The molecule has 4 aromatic rings. The summed E-state index contributed by atoms with van der Waals surface area (Å²) >= 11 is 0. The molecule has 110 valence electrons. The summed E-state index contributed by atoms with van der Waals surface area (Å²) in [7, 11) is 0. The Hall–Kier alpha value is -2.68. The highest BCUT2D eigenvalue weighted by Crippen LogP contribution is 2.33. The van der Waals surface area contributed by atoms with E-state index in [0.29, 0.717) is 0 Å². The zero-order chi connectivity index (χ0) is 15.4. The number of benzene rings is 2. The minimum absolute atomic E-state index is 0.800. The minimum Gasteiger partial charge on any atom is -0.383 e. The van der Waals surface area contributed by atoms with Crippen molar-refractivity contribution in [2.45, 2.75) is 20.8 Å². The van der Waals surface area contributed by atoms with Crippen molar-refractivity contribution in [3.63, 3.8) is 0 Å². The second-order valence-corrected chi connectivity index (χ2v) is 5.96. The summed E-state index contributed by atoms with van der Waals surface area (Å²) in [4.78, 5) is 0. The van der Waals surface area contributed by atoms with Crippen LogP contribution in [0.4, 0.5) is 5.82 Å². The average Bonchev–Trinajstić information content (AvgIpc) is 2.98. The second-order valence-electron chi connectivity index (χ2n) is 5.96. The lowest BCUT2D eigenvalue weighted by Gasteiger charge is -2.14. The first kappa shape index (κ1) is 13.0. The number of hydrogen-bond donors (Lipinski definition) is 1. The van der Waals surface area contributed by atoms with Gasteiger partial charge in [-0.25, -0.2) is 0 Å². The van der Waals surface area contributed by atoms with Gasteiger partial charge in [0.1, 0.15) is 11.5 Å². The highest BCUT2D eigenvalue weighted by Gasteiger charge is 2.18. The first-order valence-corrected chi connectivity index (χ1v) is 7.52. The number of imidazole rings is 1. The van der Waals surface area contributed by atoms with Crippen molar-refractivity contribution in [2.75, 3.05) is 5.73 Å². The second kappa shape index (κ2) is 4.41. The van der Waals surface area contributed by atoms with Gasteiger partial charge in [-0.15, -0.1) is 0 Å². The summed E-state index contributed by atoms with van der Waals surface area (Å²) in [6, 6.07) is 14.8. The van der Waals surface area contributed by atoms with Gasteiger partial charge in [0.05, 0.1) is 11.4 Å². The molecule has 0 aliphatic heterocycles. The summed E-state index contributed by atoms with van der Waals surface area (Å²) in [6.07, 6.45) is 2.12. The van der Waals surface area contributed by atoms with Crippen molar-refractivity contribution in [1.82, 2.24) is 8.97 Å². The van der Waals surface area contributed by atoms with Crippen LogP contribution in [-0.4, -0.2) is 8.97 Å². The zero-order valence-corrected chi connectivity index (χ0v) is 13.1. The summed E-state index contributed by atoms with van der Waals surface area (Å²) in [6.45, 7) is 6.39. The fourth-order valence-electron chi connectivity index (χ4n) is 3.43. The molecule has 0 saturated carbocycles. The van der Waals surface area contributed by atoms with E-state index in [1.807, 2.05) is 0 Å². The van der Waals surface area contributed by atoms with Crippen molar-refractivity contribution >= 4 is 22.2 Å². The first-order chi connectivity index (χ1) is 10.6. The Balaban J connectivity index is 2.24. The van der Waals surface area contributed by atoms with E-state index >= 15 is 0 Å². The molecule has 4 rings (SSSR count). The molecule has 0 aliphatic rings. The molecule has 0 radical (unpaired) electrons. The van der Waals surface area contributed by atoms with E-state index in [9.17, 15) is 0 Å². The molecule has 0 atom stereocenters. The van der Waals surface area contributed by atoms with Gasteiger partial charge < -0.3 is 5.73 Å². The molecule has 0 bridgehead atoms. The number of anilines is 1. The van der Waals surface area contributed by atoms with Crippen molar-refractivity contribution < 1.29 is 0 Å². The van der Waals surface area contributed by atoms with Gasteiger partial charge in [0, 0.05) is 17.0 Å². The molecule has 0 spiro atoms. The summed E-state index contributed by atoms with van der Waals surface area (Å²) in [5.41, 5.74) is 12.3. The van der Waals surface area contributed by atoms with Gasteiger partial charge in [0.2, 0.25) is 0 Å². The maximum absolute atomic E-state index is 6.38. The van der Waals surface area contributed by atoms with Gasteiger partial charge in [-0.1, -0.05) is 42.5 Å². The van der Waals surface area contributed by atoms with Gasteiger partial charge in [0.15, 0.2) is 0 Å². The molecule has 0 aliphatic carbocycles. The Morgan fingerprint density at radius 3 is 2.27 bits per heavy atom. The van der Waals surface area contributed by atoms with Gasteiger partial charge in [-0.05, 0) is 31.9 Å². The summed E-state index contributed by atoms with van der Waals surface area (Å²) in [5.74, 6) is 0.800. The Labute approximate surface area is 129 Å². The van der Waals surface area contributed by atoms with Crippen molar-refractivity contribution in [3.8, 4) is 5.69 Å². The standard InChI is InChI=1S/C19H19N3/c1-12-7-6-8-13(2)17(12)22-14(3)18(20)21-11-15-9-4-5-10-16(15)19(21)22/h4-11H,20H2,1-3H3.